The van der Waals surface area contributed by atoms with Crippen LogP contribution in [0.5, 0.6) is 0 Å². The Labute approximate surface area is 201 Å². The molecule has 4 atom stereocenters. The lowest BCUT2D eigenvalue weighted by Crippen LogP contribution is -2.59. The largest absolute Gasteiger partial charge is 0.375 e. The minimum atomic E-state index is -0.760. The van der Waals surface area contributed by atoms with Crippen LogP contribution in [-0.2, 0) is 21.7 Å². The average molecular weight is 471 g/mol. The van der Waals surface area contributed by atoms with Gasteiger partial charge in [-0.3, -0.25) is 4.79 Å². The number of para-hydroxylation sites is 2. The van der Waals surface area contributed by atoms with Crippen molar-refractivity contribution in [3.05, 3.63) is 59.7 Å². The number of hydrogen-bond donors (Lipinski definition) is 2. The third-order valence-corrected chi connectivity index (χ3v) is 8.60. The zero-order chi connectivity index (χ0) is 23.6. The Morgan fingerprint density at radius 3 is 2.54 bits per heavy atom. The van der Waals surface area contributed by atoms with E-state index in [1.807, 2.05) is 7.05 Å². The standard InChI is InChI=1S/C28H26N4O3/c1-28-26(34-3)17(29-2)12-20(35-28)31-18-10-6-4-8-14(18)22-23-16(13-30-27(23)33)21-15-9-5-7-11-19(15)32(28)25(21)24(22)31/h4-11,17,20,26,29H,12-13H2,1-3H3,(H,30,33)/t17-,20-,26-,28+/m1/s1/i16+2,23+2. The Balaban J connectivity index is 1.72. The lowest BCUT2D eigenvalue weighted by molar-refractivity contribution is -0.256. The predicted octanol–water partition coefficient (Wildman–Crippen LogP) is 4.35. The van der Waals surface area contributed by atoms with Gasteiger partial charge in [-0.15, -0.1) is 0 Å². The van der Waals surface area contributed by atoms with E-state index in [2.05, 4.69) is 75.2 Å². The highest BCUT2D eigenvalue weighted by molar-refractivity contribution is 6.31. The molecule has 3 aliphatic rings. The summed E-state index contributed by atoms with van der Waals surface area (Å²) in [7, 11) is 3.77. The minimum absolute atomic E-state index is 0.00357. The van der Waals surface area contributed by atoms with Crippen molar-refractivity contribution in [3.8, 4) is 0 Å². The van der Waals surface area contributed by atoms with Crippen LogP contribution in [0.25, 0.3) is 43.6 Å². The zero-order valence-electron chi connectivity index (χ0n) is 19.9. The van der Waals surface area contributed by atoms with Crippen LogP contribution >= 0.6 is 0 Å². The van der Waals surface area contributed by atoms with E-state index in [0.717, 1.165) is 61.2 Å². The van der Waals surface area contributed by atoms with Gasteiger partial charge in [0.15, 0.2) is 5.72 Å². The van der Waals surface area contributed by atoms with E-state index < -0.39 is 5.72 Å². The number of benzene rings is 3. The third kappa shape index (κ3) is 2.12. The second kappa shape index (κ2) is 6.43. The van der Waals surface area contributed by atoms with Crippen molar-refractivity contribution in [3.63, 3.8) is 0 Å². The molecule has 35 heavy (non-hydrogen) atoms. The summed E-state index contributed by atoms with van der Waals surface area (Å²) in [5.41, 5.74) is 5.51. The van der Waals surface area contributed by atoms with Crippen LogP contribution in [0.4, 0.5) is 0 Å². The summed E-state index contributed by atoms with van der Waals surface area (Å²) in [6.45, 7) is 2.68. The van der Waals surface area contributed by atoms with Gasteiger partial charge in [-0.05, 0) is 31.7 Å². The molecule has 1 saturated heterocycles. The fourth-order valence-electron chi connectivity index (χ4n) is 7.33. The van der Waals surface area contributed by atoms with Gasteiger partial charge < -0.3 is 29.2 Å². The molecule has 2 aromatic heterocycles. The van der Waals surface area contributed by atoms with Gasteiger partial charge in [0.1, 0.15) is 12.3 Å². The number of likely N-dealkylation sites (N-methyl/N-ethyl adjacent to an activating group) is 1. The smallest absolute Gasteiger partial charge is 0.252 e. The molecule has 7 nitrogen and oxygen atoms in total. The second-order valence-corrected chi connectivity index (χ2v) is 10.1. The topological polar surface area (TPSA) is 69.5 Å². The molecule has 1 fully saturated rings. The molecule has 7 heteroatoms. The molecule has 5 heterocycles. The molecule has 2 bridgehead atoms. The van der Waals surface area contributed by atoms with Crippen LogP contribution in [0.15, 0.2) is 48.5 Å². The highest BCUT2D eigenvalue weighted by Crippen LogP contribution is 2.53. The van der Waals surface area contributed by atoms with Crippen LogP contribution < -0.4 is 10.6 Å². The van der Waals surface area contributed by atoms with Gasteiger partial charge in [-0.2, -0.15) is 0 Å². The Kier molecular flexibility index (Phi) is 3.65. The van der Waals surface area contributed by atoms with E-state index >= 15 is 0 Å². The van der Waals surface area contributed by atoms with Gasteiger partial charge in [0.05, 0.1) is 27.6 Å². The molecule has 3 aromatic carbocycles. The highest BCUT2D eigenvalue weighted by Gasteiger charge is 2.53. The number of amides is 1. The molecule has 3 aliphatic heterocycles. The van der Waals surface area contributed by atoms with Crippen molar-refractivity contribution < 1.29 is 14.3 Å². The number of nitrogens with one attached hydrogen (secondary N) is 2. The summed E-state index contributed by atoms with van der Waals surface area (Å²) in [5, 5.41) is 11.0. The fraction of sp³-hybridized carbons (Fsp3) is 0.321. The van der Waals surface area contributed by atoms with Crippen LogP contribution in [0, 0.1) is 0 Å². The molecular formula is C28H26N4O3. The number of methoxy groups -OCH3 is 1. The molecule has 0 radical (unpaired) electrons. The van der Waals surface area contributed by atoms with Crippen LogP contribution in [0.1, 0.15) is 35.5 Å². The van der Waals surface area contributed by atoms with Crippen molar-refractivity contribution in [2.24, 2.45) is 0 Å². The van der Waals surface area contributed by atoms with Gasteiger partial charge in [0, 0.05) is 47.7 Å². The van der Waals surface area contributed by atoms with Crippen LogP contribution in [0.2, 0.25) is 0 Å². The Morgan fingerprint density at radius 2 is 1.80 bits per heavy atom. The first-order valence-corrected chi connectivity index (χ1v) is 12.3. The summed E-state index contributed by atoms with van der Waals surface area (Å²) in [4.78, 5) is 13.3. The lowest BCUT2D eigenvalue weighted by atomic mass is 9.93. The Hall–Kier alpha value is -3.39. The van der Waals surface area contributed by atoms with Crippen LogP contribution in [-0.4, -0.2) is 41.3 Å². The number of carbonyl (C=O) groups excluding carboxylic acids is 1. The van der Waals surface area contributed by atoms with Gasteiger partial charge in [-0.1, -0.05) is 36.4 Å². The minimum Gasteiger partial charge on any atom is -0.375 e. The quantitative estimate of drug-likeness (QED) is 0.402. The molecule has 1 amide bonds. The highest BCUT2D eigenvalue weighted by atomic mass is 16.6. The third-order valence-electron chi connectivity index (χ3n) is 8.60. The summed E-state index contributed by atoms with van der Waals surface area (Å²) in [6, 6.07) is 17.0. The first-order valence-electron chi connectivity index (χ1n) is 12.3. The number of aromatic nitrogens is 2. The maximum absolute atomic E-state index is 13.3. The van der Waals surface area contributed by atoms with E-state index in [4.69, 9.17) is 9.47 Å². The van der Waals surface area contributed by atoms with Crippen molar-refractivity contribution >= 4 is 49.5 Å². The van der Waals surface area contributed by atoms with Gasteiger partial charge >= 0.3 is 0 Å². The molecule has 5 aromatic rings. The number of nitrogens with zero attached hydrogens (tertiary/aromatic N) is 2. The number of carbonyl (C=O) groups is 1. The summed E-state index contributed by atoms with van der Waals surface area (Å²) >= 11 is 0. The molecule has 0 unspecified atom stereocenters. The van der Waals surface area contributed by atoms with Crippen molar-refractivity contribution in [2.75, 3.05) is 14.2 Å². The van der Waals surface area contributed by atoms with Crippen molar-refractivity contribution in [1.29, 1.82) is 0 Å². The SMILES string of the molecule is CN[C@@H]1C[C@H]2O[C@@](C)([C@@H]1OC)n1c3ccccc3c3c1c1c(c4ccccc4n12)[14c]1[14c]3CNC1=O. The summed E-state index contributed by atoms with van der Waals surface area (Å²) in [5.74, 6) is 0.00357. The monoisotopic (exact) mass is 470 g/mol. The molecule has 0 aliphatic carbocycles. The van der Waals surface area contributed by atoms with Crippen LogP contribution in [0.3, 0.4) is 0 Å². The lowest BCUT2D eigenvalue weighted by Gasteiger charge is -2.48. The molecule has 0 saturated carbocycles. The predicted molar refractivity (Wildman–Crippen MR) is 136 cm³/mol. The van der Waals surface area contributed by atoms with Gasteiger partial charge in [0.25, 0.3) is 5.91 Å². The number of rotatable bonds is 2. The van der Waals surface area contributed by atoms with Gasteiger partial charge in [0.2, 0.25) is 0 Å². The normalized spacial score (nSPS) is 27.3. The summed E-state index contributed by atoms with van der Waals surface area (Å²) in [6.07, 6.45) is 0.337. The van der Waals surface area contributed by atoms with Crippen molar-refractivity contribution in [2.45, 2.75) is 44.0 Å². The fourth-order valence-corrected chi connectivity index (χ4v) is 7.33. The zero-order valence-corrected chi connectivity index (χ0v) is 19.9. The van der Waals surface area contributed by atoms with E-state index in [0.29, 0.717) is 6.54 Å². The molecule has 0 spiro atoms. The molecule has 2 N–H and O–H groups in total. The summed E-state index contributed by atoms with van der Waals surface area (Å²) < 4.78 is 18.0. The van der Waals surface area contributed by atoms with E-state index in [9.17, 15) is 4.79 Å². The van der Waals surface area contributed by atoms with Gasteiger partial charge in [-0.25, -0.2) is 0 Å². The number of ether oxygens (including phenoxy) is 2. The number of hydrogen-bond acceptors (Lipinski definition) is 4. The maximum Gasteiger partial charge on any atom is 0.252 e. The van der Waals surface area contributed by atoms with Crippen molar-refractivity contribution in [1.82, 2.24) is 19.8 Å². The average Bonchev–Trinajstić information content (AvgIpc) is 3.51. The second-order valence-electron chi connectivity index (χ2n) is 10.1. The first-order chi connectivity index (χ1) is 17.1. The molecule has 8 rings (SSSR count). The van der Waals surface area contributed by atoms with E-state index in [1.54, 1.807) is 7.11 Å². The maximum atomic E-state index is 13.3. The van der Waals surface area contributed by atoms with E-state index in [-0.39, 0.29) is 24.3 Å². The molecular weight excluding hydrogens is 444 g/mol. The molecule has 176 valence electrons. The Bertz CT molecular complexity index is 1750. The number of fused-ring (bicyclic) bond motifs is 13. The Morgan fingerprint density at radius 1 is 1.09 bits per heavy atom. The first kappa shape index (κ1) is 19.9. The van der Waals surface area contributed by atoms with E-state index in [1.165, 1.54) is 0 Å².